The third-order valence-electron chi connectivity index (χ3n) is 4.90. The Balaban J connectivity index is 0.00000392. The van der Waals surface area contributed by atoms with Crippen LogP contribution in [0.25, 0.3) is 0 Å². The first-order chi connectivity index (χ1) is 12.9. The lowest BCUT2D eigenvalue weighted by Crippen LogP contribution is -2.44. The fourth-order valence-corrected chi connectivity index (χ4v) is 3.74. The summed E-state index contributed by atoms with van der Waals surface area (Å²) in [6.45, 7) is 3.60. The number of rotatable bonds is 7. The smallest absolute Gasteiger partial charge is 0.239 e. The third-order valence-corrected chi connectivity index (χ3v) is 5.43. The lowest BCUT2D eigenvalue weighted by Gasteiger charge is -2.26. The van der Waals surface area contributed by atoms with E-state index >= 15 is 0 Å². The van der Waals surface area contributed by atoms with Gasteiger partial charge in [0.25, 0.3) is 0 Å². The summed E-state index contributed by atoms with van der Waals surface area (Å²) < 4.78 is 1.09. The number of likely N-dealkylation sites (N-methyl/N-ethyl adjacent to an activating group) is 1. The second kappa shape index (κ2) is 12.6. The van der Waals surface area contributed by atoms with E-state index in [9.17, 15) is 4.79 Å². The highest BCUT2D eigenvalue weighted by molar-refractivity contribution is 14.0. The molecule has 1 aliphatic rings. The van der Waals surface area contributed by atoms with E-state index in [0.29, 0.717) is 0 Å². The Morgan fingerprint density at radius 2 is 1.96 bits per heavy atom. The summed E-state index contributed by atoms with van der Waals surface area (Å²) in [7, 11) is 7.54. The van der Waals surface area contributed by atoms with Crippen molar-refractivity contribution in [1.29, 1.82) is 0 Å². The van der Waals surface area contributed by atoms with Crippen molar-refractivity contribution in [3.8, 4) is 0 Å². The number of halogens is 2. The molecule has 1 heterocycles. The normalized spacial score (nSPS) is 17.2. The van der Waals surface area contributed by atoms with E-state index in [1.807, 2.05) is 28.2 Å². The standard InChI is InChI=1S/C20H32BrN5O.HI/c1-22-20(25(4)15-16-8-10-17(21)11-9-16)23-12-6-14-26-13-5-7-18(26)19(27)24(2)3;/h8-11,18H,5-7,12-15H2,1-4H3,(H,22,23);1H. The Kier molecular flexibility index (Phi) is 11.4. The van der Waals surface area contributed by atoms with Crippen molar-refractivity contribution >= 4 is 51.8 Å². The van der Waals surface area contributed by atoms with Crippen molar-refractivity contribution in [2.24, 2.45) is 4.99 Å². The molecule has 8 heteroatoms. The van der Waals surface area contributed by atoms with Gasteiger partial charge in [-0.15, -0.1) is 24.0 Å². The van der Waals surface area contributed by atoms with Crippen LogP contribution in [0.2, 0.25) is 0 Å². The Morgan fingerprint density at radius 1 is 1.29 bits per heavy atom. The Hall–Kier alpha value is -0.870. The molecule has 0 radical (unpaired) electrons. The quantitative estimate of drug-likeness (QED) is 0.239. The van der Waals surface area contributed by atoms with Crippen molar-refractivity contribution in [2.75, 3.05) is 47.8 Å². The van der Waals surface area contributed by atoms with Gasteiger partial charge in [0.15, 0.2) is 5.96 Å². The third kappa shape index (κ3) is 7.51. The molecule has 1 amide bonds. The molecule has 28 heavy (non-hydrogen) atoms. The number of carbonyl (C=O) groups excluding carboxylic acids is 1. The van der Waals surface area contributed by atoms with Crippen LogP contribution in [0.5, 0.6) is 0 Å². The monoisotopic (exact) mass is 565 g/mol. The van der Waals surface area contributed by atoms with Gasteiger partial charge in [0.1, 0.15) is 0 Å². The van der Waals surface area contributed by atoms with Crippen molar-refractivity contribution < 1.29 is 4.79 Å². The van der Waals surface area contributed by atoms with Gasteiger partial charge in [-0.2, -0.15) is 0 Å². The van der Waals surface area contributed by atoms with Crippen LogP contribution in [0.3, 0.4) is 0 Å². The van der Waals surface area contributed by atoms with Crippen LogP contribution >= 0.6 is 39.9 Å². The SMILES string of the molecule is CN=C(NCCCN1CCCC1C(=O)N(C)C)N(C)Cc1ccc(Br)cc1.I. The van der Waals surface area contributed by atoms with Gasteiger partial charge in [0.2, 0.25) is 5.91 Å². The average molecular weight is 566 g/mol. The summed E-state index contributed by atoms with van der Waals surface area (Å²) in [6, 6.07) is 8.40. The minimum atomic E-state index is 0. The Morgan fingerprint density at radius 3 is 2.57 bits per heavy atom. The molecule has 1 fully saturated rings. The van der Waals surface area contributed by atoms with Gasteiger partial charge in [-0.3, -0.25) is 14.7 Å². The number of aliphatic imine (C=N–C) groups is 1. The molecule has 1 atom stereocenters. The molecular weight excluding hydrogens is 533 g/mol. The van der Waals surface area contributed by atoms with E-state index in [1.165, 1.54) is 5.56 Å². The predicted molar refractivity (Wildman–Crippen MR) is 130 cm³/mol. The number of nitrogens with one attached hydrogen (secondary N) is 1. The molecule has 6 nitrogen and oxygen atoms in total. The number of benzene rings is 1. The Bertz CT molecular complexity index is 638. The van der Waals surface area contributed by atoms with Crippen LogP contribution in [-0.2, 0) is 11.3 Å². The number of nitrogens with zero attached hydrogens (tertiary/aromatic N) is 4. The van der Waals surface area contributed by atoms with E-state index < -0.39 is 0 Å². The van der Waals surface area contributed by atoms with Gasteiger partial charge < -0.3 is 15.1 Å². The van der Waals surface area contributed by atoms with Crippen molar-refractivity contribution in [1.82, 2.24) is 20.0 Å². The second-order valence-electron chi connectivity index (χ2n) is 7.24. The summed E-state index contributed by atoms with van der Waals surface area (Å²) in [5.74, 6) is 1.12. The fraction of sp³-hybridized carbons (Fsp3) is 0.600. The van der Waals surface area contributed by atoms with E-state index in [4.69, 9.17) is 0 Å². The zero-order chi connectivity index (χ0) is 19.8. The number of hydrogen-bond acceptors (Lipinski definition) is 3. The molecule has 0 bridgehead atoms. The van der Waals surface area contributed by atoms with Crippen LogP contribution < -0.4 is 5.32 Å². The number of likely N-dealkylation sites (tertiary alicyclic amines) is 1. The van der Waals surface area contributed by atoms with E-state index in [0.717, 1.165) is 55.9 Å². The highest BCUT2D eigenvalue weighted by Crippen LogP contribution is 2.18. The molecule has 0 aliphatic carbocycles. The molecule has 1 saturated heterocycles. The van der Waals surface area contributed by atoms with Gasteiger partial charge >= 0.3 is 0 Å². The fourth-order valence-electron chi connectivity index (χ4n) is 3.48. The second-order valence-corrected chi connectivity index (χ2v) is 8.15. The Labute approximate surface area is 194 Å². The van der Waals surface area contributed by atoms with Crippen molar-refractivity contribution in [3.05, 3.63) is 34.3 Å². The van der Waals surface area contributed by atoms with Crippen LogP contribution in [0, 0.1) is 0 Å². The molecule has 0 saturated carbocycles. The van der Waals surface area contributed by atoms with E-state index in [1.54, 1.807) is 4.90 Å². The highest BCUT2D eigenvalue weighted by Gasteiger charge is 2.30. The lowest BCUT2D eigenvalue weighted by atomic mass is 10.2. The zero-order valence-corrected chi connectivity index (χ0v) is 21.2. The average Bonchev–Trinajstić information content (AvgIpc) is 3.11. The minimum Gasteiger partial charge on any atom is -0.356 e. The number of guanidine groups is 1. The van der Waals surface area contributed by atoms with E-state index in [2.05, 4.69) is 60.3 Å². The summed E-state index contributed by atoms with van der Waals surface area (Å²) in [4.78, 5) is 22.8. The number of hydrogen-bond donors (Lipinski definition) is 1. The van der Waals surface area contributed by atoms with Crippen LogP contribution in [0.4, 0.5) is 0 Å². The molecular formula is C20H33BrIN5O. The summed E-state index contributed by atoms with van der Waals surface area (Å²) in [6.07, 6.45) is 3.07. The lowest BCUT2D eigenvalue weighted by molar-refractivity contribution is -0.133. The number of amides is 1. The van der Waals surface area contributed by atoms with Gasteiger partial charge in [-0.05, 0) is 43.5 Å². The number of carbonyl (C=O) groups is 1. The maximum atomic E-state index is 12.3. The summed E-state index contributed by atoms with van der Waals surface area (Å²) in [5.41, 5.74) is 1.24. The molecule has 1 aromatic carbocycles. The maximum Gasteiger partial charge on any atom is 0.239 e. The molecule has 2 rings (SSSR count). The maximum absolute atomic E-state index is 12.3. The summed E-state index contributed by atoms with van der Waals surface area (Å²) >= 11 is 3.47. The summed E-state index contributed by atoms with van der Waals surface area (Å²) in [5, 5.41) is 3.44. The van der Waals surface area contributed by atoms with Crippen molar-refractivity contribution in [2.45, 2.75) is 31.8 Å². The minimum absolute atomic E-state index is 0. The topological polar surface area (TPSA) is 51.2 Å². The predicted octanol–water partition coefficient (Wildman–Crippen LogP) is 3.02. The van der Waals surface area contributed by atoms with Gasteiger partial charge in [0, 0.05) is 52.3 Å². The molecule has 0 spiro atoms. The first-order valence-electron chi connectivity index (χ1n) is 9.54. The van der Waals surface area contributed by atoms with Crippen molar-refractivity contribution in [3.63, 3.8) is 0 Å². The zero-order valence-electron chi connectivity index (χ0n) is 17.3. The van der Waals surface area contributed by atoms with Crippen LogP contribution in [-0.4, -0.2) is 80.4 Å². The molecule has 1 N–H and O–H groups in total. The molecule has 1 aromatic rings. The largest absolute Gasteiger partial charge is 0.356 e. The molecule has 158 valence electrons. The molecule has 1 aliphatic heterocycles. The van der Waals surface area contributed by atoms with Gasteiger partial charge in [-0.25, -0.2) is 0 Å². The first-order valence-corrected chi connectivity index (χ1v) is 10.3. The first kappa shape index (κ1) is 25.2. The molecule has 0 aromatic heterocycles. The van der Waals surface area contributed by atoms with E-state index in [-0.39, 0.29) is 35.9 Å². The molecule has 1 unspecified atom stereocenters. The van der Waals surface area contributed by atoms with Gasteiger partial charge in [0.05, 0.1) is 6.04 Å². The van der Waals surface area contributed by atoms with Crippen LogP contribution in [0.1, 0.15) is 24.8 Å². The highest BCUT2D eigenvalue weighted by atomic mass is 127. The van der Waals surface area contributed by atoms with Crippen LogP contribution in [0.15, 0.2) is 33.7 Å². The van der Waals surface area contributed by atoms with Gasteiger partial charge in [-0.1, -0.05) is 28.1 Å².